The van der Waals surface area contributed by atoms with Crippen LogP contribution in [-0.4, -0.2) is 16.2 Å². The van der Waals surface area contributed by atoms with E-state index in [1.54, 1.807) is 0 Å². The molecule has 0 amide bonds. The molecule has 0 fully saturated rings. The first-order valence-corrected chi connectivity index (χ1v) is 11.8. The van der Waals surface area contributed by atoms with Crippen LogP contribution in [0.15, 0.2) is 84.0 Å². The third-order valence-corrected chi connectivity index (χ3v) is 5.52. The van der Waals surface area contributed by atoms with E-state index < -0.39 is 0 Å². The van der Waals surface area contributed by atoms with Gasteiger partial charge in [-0.1, -0.05) is 90.1 Å². The second kappa shape index (κ2) is 10.9. The monoisotopic (exact) mass is 642 g/mol. The van der Waals surface area contributed by atoms with E-state index in [4.69, 9.17) is 10.3 Å². The van der Waals surface area contributed by atoms with E-state index in [1.165, 1.54) is 5.39 Å². The van der Waals surface area contributed by atoms with Gasteiger partial charge in [0.1, 0.15) is 0 Å². The number of rotatable bonds is 5. The van der Waals surface area contributed by atoms with E-state index in [0.29, 0.717) is 6.54 Å². The fourth-order valence-corrected chi connectivity index (χ4v) is 4.10. The van der Waals surface area contributed by atoms with Gasteiger partial charge in [0.15, 0.2) is 0 Å². The summed E-state index contributed by atoms with van der Waals surface area (Å²) < 4.78 is 0. The van der Waals surface area contributed by atoms with Crippen LogP contribution in [0.25, 0.3) is 27.3 Å². The molecule has 0 spiro atoms. The molecule has 3 aromatic carbocycles. The maximum absolute atomic E-state index is 5.13. The molecule has 182 valence electrons. The molecule has 4 heteroatoms. The molecule has 0 unspecified atom stereocenters. The van der Waals surface area contributed by atoms with Crippen molar-refractivity contribution in [1.29, 1.82) is 0 Å². The van der Waals surface area contributed by atoms with Crippen LogP contribution in [0, 0.1) is 11.5 Å². The first-order chi connectivity index (χ1) is 16.1. The van der Waals surface area contributed by atoms with Crippen molar-refractivity contribution in [1.82, 2.24) is 4.98 Å². The second-order valence-corrected chi connectivity index (χ2v) is 10.7. The van der Waals surface area contributed by atoms with Crippen LogP contribution in [0.1, 0.15) is 52.7 Å². The Hall–Kier alpha value is -2.77. The van der Waals surface area contributed by atoms with E-state index in [1.807, 2.05) is 18.3 Å². The molecule has 0 saturated heterocycles. The van der Waals surface area contributed by atoms with Crippen LogP contribution in [-0.2, 0) is 27.6 Å². The smallest absolute Gasteiger partial charge is 0.679 e. The minimum absolute atomic E-state index is 0. The van der Waals surface area contributed by atoms with Gasteiger partial charge in [-0.2, -0.15) is 0 Å². The number of fused-ring (bicyclic) bond motifs is 1. The van der Waals surface area contributed by atoms with Crippen LogP contribution < -0.4 is 0 Å². The van der Waals surface area contributed by atoms with Crippen molar-refractivity contribution in [3.05, 3.63) is 102 Å². The van der Waals surface area contributed by atoms with E-state index >= 15 is 0 Å². The molecular weight excluding hydrogens is 609 g/mol. The van der Waals surface area contributed by atoms with Crippen LogP contribution in [0.3, 0.4) is 0 Å². The normalized spacial score (nSPS) is 12.3. The van der Waals surface area contributed by atoms with Crippen molar-refractivity contribution in [2.75, 3.05) is 0 Å². The molecule has 0 aliphatic rings. The Morgan fingerprint density at radius 3 is 2.31 bits per heavy atom. The number of hydrogen-bond donors (Lipinski definition) is 0. The Bertz CT molecular complexity index is 1320. The number of pyridine rings is 1. The molecule has 4 aromatic rings. The number of hydrogen-bond acceptors (Lipinski definition) is 2. The maximum Gasteiger partial charge on any atom is 2.00 e. The number of nitrogens with zero attached hydrogens (tertiary/aromatic N) is 3. The zero-order chi connectivity index (χ0) is 24.3. The summed E-state index contributed by atoms with van der Waals surface area (Å²) in [6, 6.07) is 28.5. The van der Waals surface area contributed by atoms with Gasteiger partial charge in [0.25, 0.3) is 0 Å². The van der Waals surface area contributed by atoms with Gasteiger partial charge >= 0.3 is 21.1 Å². The van der Waals surface area contributed by atoms with E-state index in [9.17, 15) is 0 Å². The number of aliphatic imine (C=N–C) groups is 1. The summed E-state index contributed by atoms with van der Waals surface area (Å²) >= 11 is 0. The number of para-hydroxylation sites is 1. The van der Waals surface area contributed by atoms with E-state index in [2.05, 4.69) is 113 Å². The molecule has 0 aliphatic heterocycles. The Kier molecular flexibility index (Phi) is 8.33. The zero-order valence-electron chi connectivity index (χ0n) is 21.4. The Morgan fingerprint density at radius 1 is 0.857 bits per heavy atom. The largest absolute Gasteiger partial charge is 2.00 e. The van der Waals surface area contributed by atoms with Crippen molar-refractivity contribution < 1.29 is 21.1 Å². The predicted octanol–water partition coefficient (Wildman–Crippen LogP) is 8.54. The summed E-state index contributed by atoms with van der Waals surface area (Å²) in [5.41, 5.74) is 5.83. The standard InChI is InChI=1S/C31H33N3.Pt/c1-30(2,3)29(26-16-9-10-17-27(26)34-31(4,5)6)33-21-22-12-11-14-24(20-22)28-25-15-8-7-13-23(25)18-19-32-28;/h7-19H,21H2,1-6H3;/q-2;+2. The van der Waals surface area contributed by atoms with Gasteiger partial charge in [-0.15, -0.1) is 46.6 Å². The molecule has 0 radical (unpaired) electrons. The topological polar surface area (TPSA) is 39.4 Å². The summed E-state index contributed by atoms with van der Waals surface area (Å²) in [5.74, 6) is 0. The van der Waals surface area contributed by atoms with Crippen LogP contribution in [0.4, 0.5) is 5.69 Å². The molecule has 0 atom stereocenters. The van der Waals surface area contributed by atoms with Crippen LogP contribution >= 0.6 is 0 Å². The predicted molar refractivity (Wildman–Crippen MR) is 145 cm³/mol. The average Bonchev–Trinajstić information content (AvgIpc) is 2.78. The first-order valence-electron chi connectivity index (χ1n) is 11.8. The van der Waals surface area contributed by atoms with E-state index in [-0.39, 0.29) is 32.0 Å². The molecule has 1 heterocycles. The Balaban J connectivity index is 0.00000342. The maximum atomic E-state index is 5.13. The molecule has 0 aliphatic carbocycles. The average molecular weight is 643 g/mol. The van der Waals surface area contributed by atoms with Crippen molar-refractivity contribution in [3.8, 4) is 11.3 Å². The van der Waals surface area contributed by atoms with Gasteiger partial charge in [-0.25, -0.2) is 0 Å². The van der Waals surface area contributed by atoms with Gasteiger partial charge in [0, 0.05) is 23.9 Å². The van der Waals surface area contributed by atoms with E-state index in [0.717, 1.165) is 39.2 Å². The number of aromatic nitrogens is 1. The summed E-state index contributed by atoms with van der Waals surface area (Å²) in [7, 11) is 0. The summed E-state index contributed by atoms with van der Waals surface area (Å²) in [5, 5.41) is 7.28. The van der Waals surface area contributed by atoms with Crippen molar-refractivity contribution in [3.63, 3.8) is 0 Å². The Labute approximate surface area is 224 Å². The molecule has 35 heavy (non-hydrogen) atoms. The quantitative estimate of drug-likeness (QED) is 0.159. The zero-order valence-corrected chi connectivity index (χ0v) is 23.6. The van der Waals surface area contributed by atoms with Crippen LogP contribution in [0.2, 0.25) is 0 Å². The minimum Gasteiger partial charge on any atom is -0.679 e. The van der Waals surface area contributed by atoms with Gasteiger partial charge in [0.05, 0.1) is 0 Å². The fourth-order valence-electron chi connectivity index (χ4n) is 4.10. The second-order valence-electron chi connectivity index (χ2n) is 10.7. The molecule has 4 rings (SSSR count). The summed E-state index contributed by atoms with van der Waals surface area (Å²) in [6.07, 6.45) is 1.86. The van der Waals surface area contributed by atoms with Crippen molar-refractivity contribution in [2.24, 2.45) is 10.4 Å². The molecule has 0 saturated carbocycles. The molecule has 1 aromatic heterocycles. The van der Waals surface area contributed by atoms with Gasteiger partial charge in [0.2, 0.25) is 0 Å². The van der Waals surface area contributed by atoms with Crippen molar-refractivity contribution >= 4 is 22.2 Å². The summed E-state index contributed by atoms with van der Waals surface area (Å²) in [4.78, 5) is 9.79. The molecule has 3 nitrogen and oxygen atoms in total. The Morgan fingerprint density at radius 2 is 1.57 bits per heavy atom. The molecule has 0 N–H and O–H groups in total. The first kappa shape index (κ1) is 26.8. The molecule has 0 bridgehead atoms. The van der Waals surface area contributed by atoms with Gasteiger partial charge in [-0.3, -0.25) is 4.99 Å². The minimum atomic E-state index is -0.160. The third-order valence-electron chi connectivity index (χ3n) is 5.52. The van der Waals surface area contributed by atoms with Gasteiger partial charge < -0.3 is 10.3 Å². The fraction of sp³-hybridized carbons (Fsp3) is 0.290. The molecular formula is C31H33N3Pt. The van der Waals surface area contributed by atoms with Gasteiger partial charge in [-0.05, 0) is 28.1 Å². The third kappa shape index (κ3) is 6.67. The SMILES string of the molecule is CC(C)(C)[N-]c1ccccc1C(=NCc1[c-]c(-c2nccc3ccccc23)ccc1)C(C)(C)C.[Pt+2]. The van der Waals surface area contributed by atoms with Crippen LogP contribution in [0.5, 0.6) is 0 Å². The summed E-state index contributed by atoms with van der Waals surface area (Å²) in [6.45, 7) is 13.5. The number of benzene rings is 3. The van der Waals surface area contributed by atoms with Crippen molar-refractivity contribution in [2.45, 2.75) is 53.6 Å².